The van der Waals surface area contributed by atoms with Crippen molar-refractivity contribution < 1.29 is 28.5 Å². The van der Waals surface area contributed by atoms with Crippen LogP contribution in [0.2, 0.25) is 0 Å². The maximum absolute atomic E-state index is 11.3. The van der Waals surface area contributed by atoms with Gasteiger partial charge in [0, 0.05) is 19.8 Å². The van der Waals surface area contributed by atoms with Crippen LogP contribution in [0, 0.1) is 0 Å². The van der Waals surface area contributed by atoms with E-state index in [1.54, 1.807) is 7.11 Å². The van der Waals surface area contributed by atoms with E-state index in [1.807, 2.05) is 36.4 Å². The Morgan fingerprint density at radius 3 is 2.80 bits per heavy atom. The third-order valence-corrected chi connectivity index (χ3v) is 4.91. The molecule has 2 saturated heterocycles. The quantitative estimate of drug-likeness (QED) is 0.619. The van der Waals surface area contributed by atoms with Crippen molar-refractivity contribution in [3.05, 3.63) is 42.0 Å². The van der Waals surface area contributed by atoms with Gasteiger partial charge in [0.25, 0.3) is 0 Å². The zero-order valence-corrected chi connectivity index (χ0v) is 14.3. The summed E-state index contributed by atoms with van der Waals surface area (Å²) in [5.41, 5.74) is 1.04. The molecule has 6 nitrogen and oxygen atoms in total. The van der Waals surface area contributed by atoms with Gasteiger partial charge in [-0.2, -0.15) is 0 Å². The number of carbonyl (C=O) groups is 1. The van der Waals surface area contributed by atoms with Crippen molar-refractivity contribution in [3.63, 3.8) is 0 Å². The molecular weight excluding hydrogens is 324 g/mol. The minimum absolute atomic E-state index is 0.0756. The molecule has 0 saturated carbocycles. The fourth-order valence-electron chi connectivity index (χ4n) is 3.74. The Hall–Kier alpha value is -1.89. The SMILES string of the molecule is COc1ccc([C@@H]2O[C@H]3C[C@@H](OC(C)=O)C=C[C@]34OCC[C@H]2O4)cc1. The Bertz CT molecular complexity index is 669. The molecule has 2 heterocycles. The molecule has 0 N–H and O–H groups in total. The Labute approximate surface area is 146 Å². The highest BCUT2D eigenvalue weighted by Gasteiger charge is 2.54. The summed E-state index contributed by atoms with van der Waals surface area (Å²) in [6.45, 7) is 2.02. The Kier molecular flexibility index (Phi) is 4.27. The summed E-state index contributed by atoms with van der Waals surface area (Å²) in [7, 11) is 1.64. The molecule has 134 valence electrons. The van der Waals surface area contributed by atoms with Crippen molar-refractivity contribution in [1.29, 1.82) is 0 Å². The van der Waals surface area contributed by atoms with E-state index in [-0.39, 0.29) is 30.4 Å². The third kappa shape index (κ3) is 3.05. The lowest BCUT2D eigenvalue weighted by atomic mass is 9.89. The molecule has 4 rings (SSSR count). The van der Waals surface area contributed by atoms with E-state index in [9.17, 15) is 4.79 Å². The van der Waals surface area contributed by atoms with Gasteiger partial charge in [-0.05, 0) is 29.8 Å². The van der Waals surface area contributed by atoms with Gasteiger partial charge in [0.1, 0.15) is 24.1 Å². The second-order valence-electron chi connectivity index (χ2n) is 6.58. The fourth-order valence-corrected chi connectivity index (χ4v) is 3.74. The average molecular weight is 346 g/mol. The summed E-state index contributed by atoms with van der Waals surface area (Å²) in [6.07, 6.45) is 4.04. The number of ether oxygens (including phenoxy) is 5. The van der Waals surface area contributed by atoms with Gasteiger partial charge in [-0.1, -0.05) is 12.1 Å². The smallest absolute Gasteiger partial charge is 0.303 e. The van der Waals surface area contributed by atoms with Gasteiger partial charge < -0.3 is 23.7 Å². The van der Waals surface area contributed by atoms with Crippen molar-refractivity contribution in [1.82, 2.24) is 0 Å². The molecular formula is C19H22O6. The molecule has 2 bridgehead atoms. The van der Waals surface area contributed by atoms with E-state index in [0.29, 0.717) is 13.0 Å². The number of carbonyl (C=O) groups excluding carboxylic acids is 1. The molecule has 0 aromatic heterocycles. The lowest BCUT2D eigenvalue weighted by Gasteiger charge is -2.53. The van der Waals surface area contributed by atoms with E-state index in [2.05, 4.69) is 0 Å². The molecule has 2 fully saturated rings. The first-order valence-electron chi connectivity index (χ1n) is 8.57. The minimum atomic E-state index is -0.872. The number of rotatable bonds is 3. The van der Waals surface area contributed by atoms with Crippen molar-refractivity contribution in [2.45, 2.75) is 50.0 Å². The highest BCUT2D eigenvalue weighted by Crippen LogP contribution is 2.46. The van der Waals surface area contributed by atoms with E-state index >= 15 is 0 Å². The van der Waals surface area contributed by atoms with Crippen molar-refractivity contribution in [3.8, 4) is 5.75 Å². The Balaban J connectivity index is 1.59. The van der Waals surface area contributed by atoms with Gasteiger partial charge in [-0.3, -0.25) is 4.79 Å². The van der Waals surface area contributed by atoms with Crippen LogP contribution in [0.4, 0.5) is 0 Å². The van der Waals surface area contributed by atoms with Crippen LogP contribution in [-0.4, -0.2) is 43.8 Å². The summed E-state index contributed by atoms with van der Waals surface area (Å²) in [4.78, 5) is 11.3. The zero-order valence-electron chi connectivity index (χ0n) is 14.3. The predicted molar refractivity (Wildman–Crippen MR) is 88.1 cm³/mol. The Morgan fingerprint density at radius 1 is 1.28 bits per heavy atom. The van der Waals surface area contributed by atoms with Crippen LogP contribution in [0.25, 0.3) is 0 Å². The third-order valence-electron chi connectivity index (χ3n) is 4.91. The first kappa shape index (κ1) is 16.6. The second kappa shape index (κ2) is 6.44. The number of esters is 1. The van der Waals surface area contributed by atoms with Gasteiger partial charge in [0.15, 0.2) is 0 Å². The number of methoxy groups -OCH3 is 1. The van der Waals surface area contributed by atoms with Crippen molar-refractivity contribution in [2.24, 2.45) is 0 Å². The van der Waals surface area contributed by atoms with Crippen LogP contribution >= 0.6 is 0 Å². The van der Waals surface area contributed by atoms with E-state index in [0.717, 1.165) is 17.7 Å². The largest absolute Gasteiger partial charge is 0.497 e. The first-order chi connectivity index (χ1) is 12.1. The molecule has 25 heavy (non-hydrogen) atoms. The van der Waals surface area contributed by atoms with Crippen LogP contribution < -0.4 is 4.74 Å². The van der Waals surface area contributed by atoms with E-state index in [4.69, 9.17) is 23.7 Å². The topological polar surface area (TPSA) is 63.2 Å². The van der Waals surface area contributed by atoms with Crippen molar-refractivity contribution >= 4 is 5.97 Å². The Morgan fingerprint density at radius 2 is 2.08 bits per heavy atom. The van der Waals surface area contributed by atoms with Gasteiger partial charge in [-0.25, -0.2) is 0 Å². The summed E-state index contributed by atoms with van der Waals surface area (Å²) in [5, 5.41) is 0. The monoisotopic (exact) mass is 346 g/mol. The van der Waals surface area contributed by atoms with Crippen LogP contribution in [0.1, 0.15) is 31.4 Å². The fraction of sp³-hybridized carbons (Fsp3) is 0.526. The van der Waals surface area contributed by atoms with Crippen LogP contribution in [0.3, 0.4) is 0 Å². The molecule has 6 heteroatoms. The molecule has 0 radical (unpaired) electrons. The standard InChI is InChI=1S/C19H22O6/c1-12(20)23-15-7-9-19-17(11-15)24-18(16(25-19)8-10-22-19)13-3-5-14(21-2)6-4-13/h3-7,9,15-18H,8,10-11H2,1-2H3/t15-,16+,17-,18-,19+/m0/s1. The summed E-state index contributed by atoms with van der Waals surface area (Å²) in [6, 6.07) is 7.83. The second-order valence-corrected chi connectivity index (χ2v) is 6.58. The van der Waals surface area contributed by atoms with Crippen LogP contribution in [0.5, 0.6) is 5.75 Å². The molecule has 0 amide bonds. The zero-order chi connectivity index (χ0) is 17.4. The minimum Gasteiger partial charge on any atom is -0.497 e. The summed E-state index contributed by atoms with van der Waals surface area (Å²) >= 11 is 0. The molecule has 0 unspecified atom stereocenters. The molecule has 1 aliphatic carbocycles. The van der Waals surface area contributed by atoms with E-state index < -0.39 is 5.79 Å². The lowest BCUT2D eigenvalue weighted by molar-refractivity contribution is -0.377. The maximum Gasteiger partial charge on any atom is 0.303 e. The highest BCUT2D eigenvalue weighted by molar-refractivity contribution is 5.66. The predicted octanol–water partition coefficient (Wildman–Crippen LogP) is 2.53. The normalized spacial score (nSPS) is 36.4. The van der Waals surface area contributed by atoms with Crippen LogP contribution in [0.15, 0.2) is 36.4 Å². The van der Waals surface area contributed by atoms with E-state index in [1.165, 1.54) is 6.92 Å². The number of fused-ring (bicyclic) bond motifs is 1. The molecule has 3 aliphatic rings. The average Bonchev–Trinajstić information content (AvgIpc) is 2.62. The van der Waals surface area contributed by atoms with Gasteiger partial charge in [-0.15, -0.1) is 0 Å². The number of hydrogen-bond acceptors (Lipinski definition) is 6. The van der Waals surface area contributed by atoms with Crippen LogP contribution in [-0.2, 0) is 23.7 Å². The number of hydrogen-bond donors (Lipinski definition) is 0. The highest BCUT2D eigenvalue weighted by atomic mass is 16.8. The molecule has 1 aromatic rings. The molecule has 1 aromatic carbocycles. The lowest BCUT2D eigenvalue weighted by Crippen LogP contribution is -2.61. The van der Waals surface area contributed by atoms with Crippen molar-refractivity contribution in [2.75, 3.05) is 13.7 Å². The van der Waals surface area contributed by atoms with Gasteiger partial charge in [0.2, 0.25) is 5.79 Å². The van der Waals surface area contributed by atoms with Gasteiger partial charge in [0.05, 0.1) is 19.8 Å². The first-order valence-corrected chi connectivity index (χ1v) is 8.57. The van der Waals surface area contributed by atoms with Gasteiger partial charge >= 0.3 is 5.97 Å². The number of benzene rings is 1. The molecule has 2 aliphatic heterocycles. The molecule has 1 spiro atoms. The summed E-state index contributed by atoms with van der Waals surface area (Å²) in [5.74, 6) is -0.378. The molecule has 5 atom stereocenters. The maximum atomic E-state index is 11.3. The summed E-state index contributed by atoms with van der Waals surface area (Å²) < 4.78 is 29.1.